The molecule has 8 unspecified atom stereocenters. The zero-order chi connectivity index (χ0) is 31.1. The van der Waals surface area contributed by atoms with Crippen LogP contribution in [0.2, 0.25) is 0 Å². The quantitative estimate of drug-likeness (QED) is 0.0244. The summed E-state index contributed by atoms with van der Waals surface area (Å²) in [6.07, 6.45) is 0. The van der Waals surface area contributed by atoms with Gasteiger partial charge in [-0.15, -0.1) is 259 Å². The van der Waals surface area contributed by atoms with Crippen molar-refractivity contribution in [3.8, 4) is 0 Å². The van der Waals surface area contributed by atoms with Crippen molar-refractivity contribution in [2.24, 2.45) is 8.80 Å². The molecule has 0 fully saturated rings. The topological polar surface area (TPSA) is 212 Å². The van der Waals surface area contributed by atoms with Crippen LogP contribution in [0.5, 0.6) is 0 Å². The number of hydrogen-bond acceptors (Lipinski definition) is 16. The molecule has 0 bridgehead atoms. The maximum Gasteiger partial charge on any atom is 1.00 e. The second-order valence-corrected chi connectivity index (χ2v) is 11.9. The molecule has 84 heteroatoms. The number of hydrogen-bond donors (Lipinski definition) is 10. The minimum Gasteiger partial charge on any atom is -1.00 e. The summed E-state index contributed by atoms with van der Waals surface area (Å²) >= 11 is 32.4. The van der Waals surface area contributed by atoms with Gasteiger partial charge in [-0.1, -0.05) is 116 Å². The first-order valence-corrected chi connectivity index (χ1v) is 31.1. The van der Waals surface area contributed by atoms with Gasteiger partial charge in [0.05, 0.1) is 2.56 Å². The third kappa shape index (κ3) is 880. The molecule has 0 aliphatic rings. The van der Waals surface area contributed by atoms with E-state index in [2.05, 4.69) is 101 Å². The minimum atomic E-state index is -0.835. The summed E-state index contributed by atoms with van der Waals surface area (Å²) in [7, 11) is 8.16. The van der Waals surface area contributed by atoms with E-state index >= 15 is 0 Å². The molecule has 574 valence electrons. The Morgan fingerprint density at radius 3 is 0.489 bits per heavy atom. The molecule has 8 atom stereocenters. The average molecular weight is 4810 g/mol. The second-order valence-electron chi connectivity index (χ2n) is 0.749. The van der Waals surface area contributed by atoms with Crippen molar-refractivity contribution < 1.29 is 921 Å². The van der Waals surface area contributed by atoms with Crippen LogP contribution in [-0.2, 0) is 415 Å². The second kappa shape index (κ2) is 775. The SMILES string of the molecule is C.C.F.F.FP[C-]=NS.FP[C-]=NS.I.I.I.I.I.I.I.I.I.I.N.N.N.N.N=S.N=S.P.P.P.P.S.S.S.S.S.S.S.S.S.S.S.S.S.S.S=[S]=[W].S=[S]=[W].SI.SI.[2HH].[2HH].[2HH].[2HH].[2H][2H].[2H][2H].[3H-].[3H-].[3HH].[3HH].[3HH].[3HH].[3HH].[3HH].[3H]PI.[3H]PI.[H-].[H-].[H-].[H-].[H-].[H-].[HH].[HH].[HH].[HH].[K+].[K+].[K+].[K+].[K+].[K+].[K+].[K+].[K+].[K+].[V].[V].[V].[V].[V].[V].[V].[V].[V].[V].[Y].[Y].[Y].[Y]. The Hall–Kier alpha value is 47.8. The van der Waals surface area contributed by atoms with E-state index < -0.39 is 17.8 Å². The van der Waals surface area contributed by atoms with Crippen molar-refractivity contribution in [2.45, 2.75) is 14.9 Å². The summed E-state index contributed by atoms with van der Waals surface area (Å²) in [5.74, 6) is 3.92. The summed E-state index contributed by atoms with van der Waals surface area (Å²) in [6, 6.07) is 0. The van der Waals surface area contributed by atoms with Crippen LogP contribution in [0.3, 0.4) is 0 Å². The van der Waals surface area contributed by atoms with Crippen LogP contribution in [0.25, 0.3) is 0 Å². The van der Waals surface area contributed by atoms with E-state index in [1.165, 1.54) is 51.0 Å². The van der Waals surface area contributed by atoms with Crippen molar-refractivity contribution >= 4 is 706 Å². The summed E-state index contributed by atoms with van der Waals surface area (Å²) < 4.78 is 70.5. The Morgan fingerprint density at radius 1 is 0.455 bits per heavy atom. The number of halogens is 18. The van der Waals surface area contributed by atoms with Gasteiger partial charge in [-0.2, -0.15) is 229 Å². The normalized spacial score (nSPS) is 2.80. The number of thiol groups is 4. The number of nitrogens with one attached hydrogen (secondary N) is 2. The van der Waals surface area contributed by atoms with Crippen LogP contribution >= 0.6 is 631 Å². The fraction of sp³-hybridized carbons (Fsp3) is 0.500. The molecule has 0 heterocycles. The van der Waals surface area contributed by atoms with Crippen LogP contribution in [0, 0.1) is 9.56 Å². The van der Waals surface area contributed by atoms with E-state index in [1.807, 2.05) is 98.4 Å². The zero-order valence-corrected chi connectivity index (χ0v) is 173. The van der Waals surface area contributed by atoms with Crippen molar-refractivity contribution in [2.75, 3.05) is 0 Å². The van der Waals surface area contributed by atoms with Gasteiger partial charge in [0, 0.05) is 367 Å². The van der Waals surface area contributed by atoms with Gasteiger partial charge in [0.1, 0.15) is 0 Å². The van der Waals surface area contributed by atoms with Gasteiger partial charge in [-0.25, -0.2) is 9.56 Å². The molecule has 14 N–H and O–H groups in total. The van der Waals surface area contributed by atoms with Gasteiger partial charge in [-0.05, 0) is 42.4 Å². The minimum absolute atomic E-state index is 0. The number of nitrogens with zero attached hydrogens (tertiary/aromatic N) is 2. The molecular weight excluding hydrogens is 4650 g/mol. The van der Waals surface area contributed by atoms with Crippen molar-refractivity contribution in [1.82, 2.24) is 24.6 Å². The average Bonchev–Trinajstić information content (AvgIpc) is 2.90. The van der Waals surface area contributed by atoms with Crippen LogP contribution in [-0.4, -0.2) is 14.5 Å². The molecule has 0 spiro atoms. The molecular formula is C4H124F4I14K10N8P8S24V10W2Y4. The largest absolute Gasteiger partial charge is 1.00 e. The molecule has 0 aromatic carbocycles. The molecule has 0 rings (SSSR count). The van der Waals surface area contributed by atoms with Gasteiger partial charge in [0.25, 0.3) is 0 Å². The Bertz CT molecular complexity index is 570. The van der Waals surface area contributed by atoms with E-state index in [0.717, 1.165) is 0 Å². The first-order valence-electron chi connectivity index (χ1n) is 6.52. The van der Waals surface area contributed by atoms with Crippen molar-refractivity contribution in [3.63, 3.8) is 0 Å². The molecule has 14 radical (unpaired) electrons. The van der Waals surface area contributed by atoms with Crippen LogP contribution < -0.4 is 538 Å². The summed E-state index contributed by atoms with van der Waals surface area (Å²) in [6.45, 7) is 0.607. The summed E-state index contributed by atoms with van der Waals surface area (Å²) in [5.41, 5.74) is 0. The van der Waals surface area contributed by atoms with E-state index in [4.69, 9.17) is 18.1 Å². The van der Waals surface area contributed by atoms with Gasteiger partial charge in [-0.3, -0.25) is 17.8 Å². The number of rotatable bonds is 2. The Balaban J connectivity index is -0.000000000468. The Labute approximate surface area is 1630 Å². The predicted molar refractivity (Wildman–Crippen MR) is 620 cm³/mol. The van der Waals surface area contributed by atoms with Gasteiger partial charge < -0.3 is 56.7 Å². The fourth-order valence-electron chi connectivity index (χ4n) is 0.0378. The van der Waals surface area contributed by atoms with Crippen molar-refractivity contribution in [1.29, 1.82) is 12.1 Å². The van der Waals surface area contributed by atoms with Gasteiger partial charge in [0.2, 0.25) is 0 Å². The summed E-state index contributed by atoms with van der Waals surface area (Å²) in [4.78, 5) is 0. The maximum absolute atomic E-state index is 10.8. The Morgan fingerprint density at radius 2 is 0.489 bits per heavy atom. The van der Waals surface area contributed by atoms with Gasteiger partial charge in [0.15, 0.2) is 0 Å². The maximum atomic E-state index is 10.8. The monoisotopic (exact) mass is 4800 g/mol. The molecule has 0 aromatic rings. The fourth-order valence-corrected chi connectivity index (χ4v) is 0.340. The molecule has 0 aliphatic heterocycles. The van der Waals surface area contributed by atoms with E-state index in [9.17, 15) is 8.39 Å². The molecule has 8 nitrogen and oxygen atoms in total. The van der Waals surface area contributed by atoms with Crippen LogP contribution in [0.1, 0.15) is 52.2 Å². The zero-order valence-electron chi connectivity index (χ0n) is 60.6. The predicted octanol–water partition coefficient (Wildman–Crippen LogP) is -6.81. The smallest absolute Gasteiger partial charge is 1.00 e. The molecule has 0 aromatic heterocycles. The molecule has 0 aliphatic carbocycles. The van der Waals surface area contributed by atoms with E-state index in [-0.39, 0.29) is 1380 Å². The van der Waals surface area contributed by atoms with Gasteiger partial charge >= 0.3 is 587 Å². The molecule has 0 saturated carbocycles. The standard InChI is InChI=1S/2CH2FNPS.2CH4.2FH.2H2IP.2HIS.10HI.10K.2HNS.4H3N.4H3P.2S2.14H2S.10V.2W.4Y.16H2.8H/c2*2-4-1-3-5;;;;;4*1-2;;;;;;;;;;;;;;;;;;;;;2*1-2;;;;;;;;;2*1-2;;;;;;;;;;;;;;;;;;;;;;;;;;;;;;;;;;;;;;;;;;;;;;;;;;;;;;/h2*4-5H;2*1H4;2*1H;2*2H2;2*2H;10*1H;;;;;;;;;;;2*1H;8*1H3;;;14*1H2;;;;;;;;;;;;;;;;;16*1H;;;;;;;;/q2*-1;;;;;;;;;;;;;;;;;;;10*+1;;;;;;;;;;;;;;;;;;;;;;;;;;;;;;;;;;;;;;;;;;;;;;;;;;;;;;;;;;;8*-1/i;;;;;;2*2T;;;;;;;;;;;;;;;;;;;;;;;;;;;;;;;;;;;;;;;;;;;;;;;;;;;;;;;;;;;;;;;;;6*1+2;2*1+1D;4*1+1;;;;;2*1+2;;;;;;. The van der Waals surface area contributed by atoms with Crippen LogP contribution in [0.4, 0.5) is 17.8 Å². The van der Waals surface area contributed by atoms with E-state index in [1.54, 1.807) is 0 Å². The molecule has 0 amide bonds. The first-order chi connectivity index (χ1) is 16.5. The van der Waals surface area contributed by atoms with Crippen LogP contribution in [0.15, 0.2) is 8.80 Å². The van der Waals surface area contributed by atoms with Crippen molar-refractivity contribution in [3.05, 3.63) is 0 Å². The Kier molecular flexibility index (Phi) is 4460. The third-order valence-electron chi connectivity index (χ3n) is 0.185. The third-order valence-corrected chi connectivity index (χ3v) is 1.15. The molecule has 0 saturated heterocycles. The molecule has 88 heavy (non-hydrogen) atoms. The summed E-state index contributed by atoms with van der Waals surface area (Å²) in [5, 5.41) is 0. The first kappa shape index (κ1) is 507. The van der Waals surface area contributed by atoms with E-state index in [0.29, 0.717) is 13.7 Å².